The quantitative estimate of drug-likeness (QED) is 0.758. The van der Waals surface area contributed by atoms with E-state index in [0.29, 0.717) is 5.92 Å². The molecule has 1 fully saturated rings. The number of rotatable bonds is 3. The van der Waals surface area contributed by atoms with Gasteiger partial charge < -0.3 is 5.73 Å². The Labute approximate surface area is 125 Å². The minimum atomic E-state index is -0.0657. The zero-order chi connectivity index (χ0) is 14.3. The van der Waals surface area contributed by atoms with Crippen LogP contribution in [0.2, 0.25) is 0 Å². The fraction of sp³-hybridized carbons (Fsp3) is 0.200. The monoisotopic (exact) mass is 273 g/mol. The van der Waals surface area contributed by atoms with Crippen LogP contribution in [0.25, 0.3) is 10.8 Å². The summed E-state index contributed by atoms with van der Waals surface area (Å²) in [5.41, 5.74) is 9.25. The SMILES string of the molecule is N[C@]1(Cc2ccc3ccccc3c2)C[C@@H]1c1ccccc1. The third kappa shape index (κ3) is 2.34. The van der Waals surface area contributed by atoms with Crippen LogP contribution >= 0.6 is 0 Å². The third-order valence-corrected chi connectivity index (χ3v) is 4.67. The van der Waals surface area contributed by atoms with Crippen molar-refractivity contribution in [2.75, 3.05) is 0 Å². The molecule has 2 N–H and O–H groups in total. The van der Waals surface area contributed by atoms with E-state index in [1.54, 1.807) is 0 Å². The molecule has 0 heterocycles. The molecular weight excluding hydrogens is 254 g/mol. The second-order valence-corrected chi connectivity index (χ2v) is 6.26. The maximum Gasteiger partial charge on any atom is 0.0271 e. The summed E-state index contributed by atoms with van der Waals surface area (Å²) < 4.78 is 0. The molecule has 1 aliphatic rings. The number of fused-ring (bicyclic) bond motifs is 1. The lowest BCUT2D eigenvalue weighted by Gasteiger charge is -2.12. The van der Waals surface area contributed by atoms with Crippen LogP contribution in [0, 0.1) is 0 Å². The van der Waals surface area contributed by atoms with Gasteiger partial charge in [-0.3, -0.25) is 0 Å². The smallest absolute Gasteiger partial charge is 0.0271 e. The Morgan fingerprint density at radius 1 is 0.857 bits per heavy atom. The summed E-state index contributed by atoms with van der Waals surface area (Å²) in [4.78, 5) is 0. The van der Waals surface area contributed by atoms with Gasteiger partial charge in [0.1, 0.15) is 0 Å². The van der Waals surface area contributed by atoms with E-state index >= 15 is 0 Å². The van der Waals surface area contributed by atoms with Gasteiger partial charge in [0, 0.05) is 11.5 Å². The second kappa shape index (κ2) is 4.71. The van der Waals surface area contributed by atoms with Crippen LogP contribution in [0.15, 0.2) is 72.8 Å². The van der Waals surface area contributed by atoms with Crippen LogP contribution < -0.4 is 5.73 Å². The Kier molecular flexibility index (Phi) is 2.83. The summed E-state index contributed by atoms with van der Waals surface area (Å²) >= 11 is 0. The fourth-order valence-corrected chi connectivity index (χ4v) is 3.38. The average Bonchev–Trinajstić information content (AvgIpc) is 3.19. The van der Waals surface area contributed by atoms with Gasteiger partial charge in [-0.05, 0) is 34.7 Å². The molecule has 1 heteroatoms. The Morgan fingerprint density at radius 2 is 1.57 bits per heavy atom. The molecule has 0 bridgehead atoms. The molecule has 21 heavy (non-hydrogen) atoms. The van der Waals surface area contributed by atoms with Crippen LogP contribution in [0.1, 0.15) is 23.5 Å². The van der Waals surface area contributed by atoms with E-state index in [9.17, 15) is 0 Å². The maximum atomic E-state index is 6.60. The lowest BCUT2D eigenvalue weighted by molar-refractivity contribution is 0.646. The zero-order valence-electron chi connectivity index (χ0n) is 12.0. The summed E-state index contributed by atoms with van der Waals surface area (Å²) in [5.74, 6) is 0.505. The topological polar surface area (TPSA) is 26.0 Å². The van der Waals surface area contributed by atoms with Gasteiger partial charge >= 0.3 is 0 Å². The van der Waals surface area contributed by atoms with Gasteiger partial charge in [-0.1, -0.05) is 72.8 Å². The molecule has 0 spiro atoms. The highest BCUT2D eigenvalue weighted by atomic mass is 14.9. The van der Waals surface area contributed by atoms with Gasteiger partial charge in [-0.15, -0.1) is 0 Å². The highest BCUT2D eigenvalue weighted by molar-refractivity contribution is 5.83. The maximum absolute atomic E-state index is 6.60. The van der Waals surface area contributed by atoms with E-state index in [1.807, 2.05) is 0 Å². The van der Waals surface area contributed by atoms with Gasteiger partial charge in [-0.2, -0.15) is 0 Å². The molecule has 1 aliphatic carbocycles. The van der Waals surface area contributed by atoms with E-state index in [2.05, 4.69) is 72.8 Å². The molecule has 1 nitrogen and oxygen atoms in total. The first-order valence-corrected chi connectivity index (χ1v) is 7.56. The molecule has 0 unspecified atom stereocenters. The van der Waals surface area contributed by atoms with Crippen molar-refractivity contribution in [3.63, 3.8) is 0 Å². The number of hydrogen-bond acceptors (Lipinski definition) is 1. The predicted molar refractivity (Wildman–Crippen MR) is 88.4 cm³/mol. The zero-order valence-corrected chi connectivity index (χ0v) is 12.0. The molecule has 0 aliphatic heterocycles. The Morgan fingerprint density at radius 3 is 2.38 bits per heavy atom. The first kappa shape index (κ1) is 12.6. The lowest BCUT2D eigenvalue weighted by atomic mass is 9.97. The van der Waals surface area contributed by atoms with Crippen molar-refractivity contribution in [1.82, 2.24) is 0 Å². The average molecular weight is 273 g/mol. The van der Waals surface area contributed by atoms with E-state index in [-0.39, 0.29) is 5.54 Å². The van der Waals surface area contributed by atoms with Crippen molar-refractivity contribution in [1.29, 1.82) is 0 Å². The number of benzene rings is 3. The van der Waals surface area contributed by atoms with Gasteiger partial charge in [-0.25, -0.2) is 0 Å². The van der Waals surface area contributed by atoms with E-state index in [4.69, 9.17) is 5.73 Å². The van der Waals surface area contributed by atoms with Crippen molar-refractivity contribution in [3.8, 4) is 0 Å². The molecular formula is C20H19N. The molecule has 0 saturated heterocycles. The van der Waals surface area contributed by atoms with Crippen LogP contribution in [-0.2, 0) is 6.42 Å². The minimum absolute atomic E-state index is 0.0657. The molecule has 1 saturated carbocycles. The standard InChI is InChI=1S/C20H19N/c21-20(14-19(20)17-7-2-1-3-8-17)13-15-10-11-16-6-4-5-9-18(16)12-15/h1-12,19H,13-14,21H2/t19-,20-/m1/s1. The largest absolute Gasteiger partial charge is 0.324 e. The molecule has 3 aromatic carbocycles. The van der Waals surface area contributed by atoms with Gasteiger partial charge in [0.15, 0.2) is 0 Å². The summed E-state index contributed by atoms with van der Waals surface area (Å²) in [6, 6.07) is 25.9. The number of hydrogen-bond donors (Lipinski definition) is 1. The van der Waals surface area contributed by atoms with Crippen molar-refractivity contribution in [2.45, 2.75) is 24.3 Å². The van der Waals surface area contributed by atoms with Gasteiger partial charge in [0.05, 0.1) is 0 Å². The Hall–Kier alpha value is -2.12. The summed E-state index contributed by atoms with van der Waals surface area (Å²) in [5, 5.41) is 2.60. The second-order valence-electron chi connectivity index (χ2n) is 6.26. The Balaban J connectivity index is 1.58. The molecule has 0 radical (unpaired) electrons. The first-order valence-electron chi connectivity index (χ1n) is 7.56. The first-order chi connectivity index (χ1) is 10.2. The van der Waals surface area contributed by atoms with Crippen molar-refractivity contribution in [2.24, 2.45) is 5.73 Å². The normalized spacial score (nSPS) is 24.1. The van der Waals surface area contributed by atoms with E-state index in [1.165, 1.54) is 21.9 Å². The highest BCUT2D eigenvalue weighted by Crippen LogP contribution is 2.51. The fourth-order valence-electron chi connectivity index (χ4n) is 3.38. The predicted octanol–water partition coefficient (Wildman–Crippen LogP) is 4.27. The molecule has 3 aromatic rings. The molecule has 0 amide bonds. The highest BCUT2D eigenvalue weighted by Gasteiger charge is 2.51. The minimum Gasteiger partial charge on any atom is -0.324 e. The molecule has 4 rings (SSSR count). The summed E-state index contributed by atoms with van der Waals surface area (Å²) in [7, 11) is 0. The third-order valence-electron chi connectivity index (χ3n) is 4.67. The van der Waals surface area contributed by atoms with Gasteiger partial charge in [0.25, 0.3) is 0 Å². The Bertz CT molecular complexity index is 778. The summed E-state index contributed by atoms with van der Waals surface area (Å²) in [6.45, 7) is 0. The summed E-state index contributed by atoms with van der Waals surface area (Å²) in [6.07, 6.45) is 2.04. The van der Waals surface area contributed by atoms with E-state index in [0.717, 1.165) is 12.8 Å². The van der Waals surface area contributed by atoms with Crippen LogP contribution in [-0.4, -0.2) is 5.54 Å². The van der Waals surface area contributed by atoms with Crippen molar-refractivity contribution in [3.05, 3.63) is 83.9 Å². The van der Waals surface area contributed by atoms with Crippen molar-refractivity contribution < 1.29 is 0 Å². The molecule has 0 aromatic heterocycles. The number of nitrogens with two attached hydrogens (primary N) is 1. The molecule has 104 valence electrons. The van der Waals surface area contributed by atoms with Crippen molar-refractivity contribution >= 4 is 10.8 Å². The van der Waals surface area contributed by atoms with E-state index < -0.39 is 0 Å². The lowest BCUT2D eigenvalue weighted by Crippen LogP contribution is -2.27. The van der Waals surface area contributed by atoms with Crippen LogP contribution in [0.3, 0.4) is 0 Å². The van der Waals surface area contributed by atoms with Gasteiger partial charge in [0.2, 0.25) is 0 Å². The van der Waals surface area contributed by atoms with Crippen LogP contribution in [0.4, 0.5) is 0 Å². The van der Waals surface area contributed by atoms with Crippen LogP contribution in [0.5, 0.6) is 0 Å². The molecule has 2 atom stereocenters.